The fourth-order valence-corrected chi connectivity index (χ4v) is 3.67. The van der Waals surface area contributed by atoms with E-state index in [4.69, 9.17) is 5.73 Å². The van der Waals surface area contributed by atoms with E-state index in [1.54, 1.807) is 12.4 Å². The predicted octanol–water partition coefficient (Wildman–Crippen LogP) is 3.96. The monoisotopic (exact) mass is 352 g/mol. The Labute approximate surface area is 146 Å². The van der Waals surface area contributed by atoms with Crippen LogP contribution in [-0.4, -0.2) is 19.9 Å². The van der Waals surface area contributed by atoms with Crippen molar-refractivity contribution in [3.8, 4) is 0 Å². The number of hydrogen-bond donors (Lipinski definition) is 2. The van der Waals surface area contributed by atoms with Crippen LogP contribution in [0.1, 0.15) is 0 Å². The van der Waals surface area contributed by atoms with Crippen LogP contribution in [0, 0.1) is 0 Å². The minimum atomic E-state index is 0.491. The van der Waals surface area contributed by atoms with E-state index in [1.165, 1.54) is 29.4 Å². The zero-order valence-electron chi connectivity index (χ0n) is 12.4. The highest BCUT2D eigenvalue weighted by molar-refractivity contribution is 7.99. The molecule has 8 heteroatoms. The number of hydrogen-bond acceptors (Lipinski definition) is 8. The van der Waals surface area contributed by atoms with Gasteiger partial charge >= 0.3 is 0 Å². The highest BCUT2D eigenvalue weighted by Gasteiger charge is 2.12. The molecule has 0 bridgehead atoms. The summed E-state index contributed by atoms with van der Waals surface area (Å²) < 4.78 is 0. The Kier molecular flexibility index (Phi) is 3.97. The Morgan fingerprint density at radius 2 is 1.92 bits per heavy atom. The number of benzene rings is 1. The first kappa shape index (κ1) is 14.9. The number of anilines is 3. The molecule has 0 amide bonds. The SMILES string of the molecule is Nc1c(Nc2nccs2)ncnc1Sc1cccc2cccnc12. The van der Waals surface area contributed by atoms with E-state index in [0.717, 1.165) is 20.9 Å². The van der Waals surface area contributed by atoms with E-state index in [0.29, 0.717) is 16.5 Å². The molecule has 0 aliphatic rings. The van der Waals surface area contributed by atoms with Gasteiger partial charge in [0.2, 0.25) is 0 Å². The van der Waals surface area contributed by atoms with Crippen LogP contribution in [0.2, 0.25) is 0 Å². The molecule has 3 heterocycles. The van der Waals surface area contributed by atoms with Gasteiger partial charge in [0.1, 0.15) is 17.0 Å². The van der Waals surface area contributed by atoms with Crippen molar-refractivity contribution in [3.63, 3.8) is 0 Å². The molecule has 1 aromatic carbocycles. The fourth-order valence-electron chi connectivity index (χ4n) is 2.21. The number of para-hydroxylation sites is 1. The number of aromatic nitrogens is 4. The molecular weight excluding hydrogens is 340 g/mol. The number of rotatable bonds is 4. The van der Waals surface area contributed by atoms with E-state index in [2.05, 4.69) is 25.3 Å². The summed E-state index contributed by atoms with van der Waals surface area (Å²) in [5.41, 5.74) is 7.66. The molecule has 0 unspecified atom stereocenters. The number of pyridine rings is 1. The third-order valence-corrected chi connectivity index (χ3v) is 5.06. The summed E-state index contributed by atoms with van der Waals surface area (Å²) in [6.45, 7) is 0. The Balaban J connectivity index is 1.69. The van der Waals surface area contributed by atoms with Crippen molar-refractivity contribution in [3.05, 3.63) is 54.4 Å². The molecule has 0 saturated carbocycles. The molecule has 3 N–H and O–H groups in total. The van der Waals surface area contributed by atoms with Crippen LogP contribution in [0.5, 0.6) is 0 Å². The lowest BCUT2D eigenvalue weighted by molar-refractivity contribution is 1.06. The summed E-state index contributed by atoms with van der Waals surface area (Å²) in [6.07, 6.45) is 5.00. The summed E-state index contributed by atoms with van der Waals surface area (Å²) in [6, 6.07) is 10.00. The summed E-state index contributed by atoms with van der Waals surface area (Å²) in [4.78, 5) is 18.2. The topological polar surface area (TPSA) is 89.6 Å². The number of nitrogens with one attached hydrogen (secondary N) is 1. The van der Waals surface area contributed by atoms with Crippen LogP contribution >= 0.6 is 23.1 Å². The quantitative estimate of drug-likeness (QED) is 0.537. The van der Waals surface area contributed by atoms with Gasteiger partial charge in [-0.1, -0.05) is 30.0 Å². The molecule has 0 fully saturated rings. The van der Waals surface area contributed by atoms with Gasteiger partial charge in [0.05, 0.1) is 5.52 Å². The van der Waals surface area contributed by atoms with Crippen molar-refractivity contribution in [1.82, 2.24) is 19.9 Å². The predicted molar refractivity (Wildman–Crippen MR) is 97.7 cm³/mol. The maximum atomic E-state index is 6.24. The van der Waals surface area contributed by atoms with Gasteiger partial charge in [0.15, 0.2) is 10.9 Å². The standard InChI is InChI=1S/C16H12N6S2/c17-12-14(22-16-19-7-8-23-16)20-9-21-15(12)24-11-5-1-3-10-4-2-6-18-13(10)11/h1-9H,17H2,(H,19,20,21,22). The Bertz CT molecular complexity index is 982. The van der Waals surface area contributed by atoms with E-state index < -0.39 is 0 Å². The van der Waals surface area contributed by atoms with Crippen LogP contribution in [0.3, 0.4) is 0 Å². The Morgan fingerprint density at radius 3 is 2.79 bits per heavy atom. The van der Waals surface area contributed by atoms with Gasteiger partial charge in [-0.15, -0.1) is 11.3 Å². The second-order valence-corrected chi connectivity index (χ2v) is 6.76. The van der Waals surface area contributed by atoms with Crippen LogP contribution in [0.15, 0.2) is 64.4 Å². The number of thiazole rings is 1. The summed E-state index contributed by atoms with van der Waals surface area (Å²) in [7, 11) is 0. The molecule has 0 spiro atoms. The maximum absolute atomic E-state index is 6.24. The van der Waals surface area contributed by atoms with Gasteiger partial charge in [0.25, 0.3) is 0 Å². The number of nitrogens with zero attached hydrogens (tertiary/aromatic N) is 4. The van der Waals surface area contributed by atoms with E-state index >= 15 is 0 Å². The van der Waals surface area contributed by atoms with E-state index in [-0.39, 0.29) is 0 Å². The lowest BCUT2D eigenvalue weighted by atomic mass is 10.2. The molecule has 24 heavy (non-hydrogen) atoms. The zero-order valence-corrected chi connectivity index (χ0v) is 14.0. The van der Waals surface area contributed by atoms with Crippen molar-refractivity contribution < 1.29 is 0 Å². The van der Waals surface area contributed by atoms with Crippen LogP contribution in [-0.2, 0) is 0 Å². The van der Waals surface area contributed by atoms with Crippen molar-refractivity contribution in [1.29, 1.82) is 0 Å². The van der Waals surface area contributed by atoms with Gasteiger partial charge < -0.3 is 11.1 Å². The molecule has 3 aromatic heterocycles. The molecule has 118 valence electrons. The van der Waals surface area contributed by atoms with Gasteiger partial charge in [-0.05, 0) is 12.1 Å². The molecule has 0 radical (unpaired) electrons. The van der Waals surface area contributed by atoms with Crippen LogP contribution < -0.4 is 11.1 Å². The van der Waals surface area contributed by atoms with Gasteiger partial charge in [-0.3, -0.25) is 4.98 Å². The molecule has 0 saturated heterocycles. The molecule has 0 aliphatic heterocycles. The summed E-state index contributed by atoms with van der Waals surface area (Å²) in [5, 5.41) is 7.51. The fraction of sp³-hybridized carbons (Fsp3) is 0. The second-order valence-electron chi connectivity index (χ2n) is 4.84. The first-order valence-corrected chi connectivity index (χ1v) is 8.79. The number of fused-ring (bicyclic) bond motifs is 1. The molecule has 0 aliphatic carbocycles. The van der Waals surface area contributed by atoms with Crippen LogP contribution in [0.25, 0.3) is 10.9 Å². The van der Waals surface area contributed by atoms with Gasteiger partial charge in [-0.25, -0.2) is 15.0 Å². The minimum Gasteiger partial charge on any atom is -0.394 e. The van der Waals surface area contributed by atoms with Gasteiger partial charge in [0, 0.05) is 28.1 Å². The average molecular weight is 352 g/mol. The van der Waals surface area contributed by atoms with E-state index in [1.807, 2.05) is 35.7 Å². The maximum Gasteiger partial charge on any atom is 0.188 e. The molecule has 4 rings (SSSR count). The van der Waals surface area contributed by atoms with Gasteiger partial charge in [-0.2, -0.15) is 0 Å². The van der Waals surface area contributed by atoms with Crippen LogP contribution in [0.4, 0.5) is 16.6 Å². The first-order valence-electron chi connectivity index (χ1n) is 7.10. The molecule has 6 nitrogen and oxygen atoms in total. The number of nitrogens with two attached hydrogens (primary N) is 1. The average Bonchev–Trinajstić information content (AvgIpc) is 3.12. The molecule has 4 aromatic rings. The minimum absolute atomic E-state index is 0.491. The Hall–Kier alpha value is -2.71. The largest absolute Gasteiger partial charge is 0.394 e. The van der Waals surface area contributed by atoms with Crippen molar-refractivity contribution in [2.24, 2.45) is 0 Å². The number of nitrogen functional groups attached to an aromatic ring is 1. The second kappa shape index (κ2) is 6.42. The van der Waals surface area contributed by atoms with Crippen molar-refractivity contribution >= 4 is 50.6 Å². The normalized spacial score (nSPS) is 10.8. The molecular formula is C16H12N6S2. The van der Waals surface area contributed by atoms with Crippen molar-refractivity contribution in [2.45, 2.75) is 9.92 Å². The van der Waals surface area contributed by atoms with E-state index in [9.17, 15) is 0 Å². The summed E-state index contributed by atoms with van der Waals surface area (Å²) in [5.74, 6) is 0.552. The third kappa shape index (κ3) is 2.89. The highest BCUT2D eigenvalue weighted by atomic mass is 32.2. The zero-order chi connectivity index (χ0) is 16.4. The Morgan fingerprint density at radius 1 is 1.00 bits per heavy atom. The third-order valence-electron chi connectivity index (χ3n) is 3.31. The first-order chi connectivity index (χ1) is 11.8. The summed E-state index contributed by atoms with van der Waals surface area (Å²) >= 11 is 2.96. The van der Waals surface area contributed by atoms with Crippen molar-refractivity contribution in [2.75, 3.05) is 11.1 Å². The smallest absolute Gasteiger partial charge is 0.188 e. The highest BCUT2D eigenvalue weighted by Crippen LogP contribution is 2.36. The lowest BCUT2D eigenvalue weighted by Gasteiger charge is -2.10. The lowest BCUT2D eigenvalue weighted by Crippen LogP contribution is -2.02. The molecule has 0 atom stereocenters.